The SMILES string of the molecule is O=c1[nH]c(N2CCOCC2)nc2ccn(Cc3ccc4ccccc4c3)c12. The molecule has 0 radical (unpaired) electrons. The fraction of sp³-hybridized carbons (Fsp3) is 0.238. The lowest BCUT2D eigenvalue weighted by Gasteiger charge is -2.27. The lowest BCUT2D eigenvalue weighted by atomic mass is 10.1. The molecule has 3 heterocycles. The zero-order chi connectivity index (χ0) is 18.2. The van der Waals surface area contributed by atoms with Gasteiger partial charge in [0.2, 0.25) is 5.95 Å². The molecule has 136 valence electrons. The smallest absolute Gasteiger partial charge is 0.276 e. The zero-order valence-electron chi connectivity index (χ0n) is 14.9. The van der Waals surface area contributed by atoms with Gasteiger partial charge in [0.1, 0.15) is 5.52 Å². The van der Waals surface area contributed by atoms with Gasteiger partial charge in [-0.25, -0.2) is 4.98 Å². The van der Waals surface area contributed by atoms with E-state index >= 15 is 0 Å². The standard InChI is InChI=1S/C21H20N4O2/c26-20-19-18(22-21(23-20)24-9-11-27-12-10-24)7-8-25(19)14-15-5-6-16-3-1-2-4-17(16)13-15/h1-8,13H,9-12,14H2,(H,22,23,26). The molecule has 4 aromatic rings. The summed E-state index contributed by atoms with van der Waals surface area (Å²) in [5.74, 6) is 0.624. The summed E-state index contributed by atoms with van der Waals surface area (Å²) in [6.07, 6.45) is 1.94. The van der Waals surface area contributed by atoms with Crippen LogP contribution in [0.1, 0.15) is 5.56 Å². The van der Waals surface area contributed by atoms with E-state index < -0.39 is 0 Å². The maximum atomic E-state index is 12.8. The Morgan fingerprint density at radius 3 is 2.70 bits per heavy atom. The van der Waals surface area contributed by atoms with E-state index in [1.807, 2.05) is 29.0 Å². The largest absolute Gasteiger partial charge is 0.378 e. The average molecular weight is 360 g/mol. The lowest BCUT2D eigenvalue weighted by molar-refractivity contribution is 0.122. The number of benzene rings is 2. The predicted molar refractivity (Wildman–Crippen MR) is 106 cm³/mol. The van der Waals surface area contributed by atoms with Gasteiger partial charge in [-0.1, -0.05) is 36.4 Å². The summed E-state index contributed by atoms with van der Waals surface area (Å²) < 4.78 is 7.34. The maximum Gasteiger partial charge on any atom is 0.276 e. The normalized spacial score (nSPS) is 14.9. The van der Waals surface area contributed by atoms with E-state index in [1.54, 1.807) is 0 Å². The molecule has 1 fully saturated rings. The van der Waals surface area contributed by atoms with E-state index in [9.17, 15) is 4.79 Å². The molecule has 0 aliphatic carbocycles. The van der Waals surface area contributed by atoms with Crippen LogP contribution in [0.2, 0.25) is 0 Å². The Balaban J connectivity index is 1.50. The van der Waals surface area contributed by atoms with Crippen molar-refractivity contribution in [2.75, 3.05) is 31.2 Å². The first-order valence-electron chi connectivity index (χ1n) is 9.17. The van der Waals surface area contributed by atoms with Gasteiger partial charge in [0.05, 0.1) is 18.7 Å². The first kappa shape index (κ1) is 16.1. The molecule has 2 aromatic carbocycles. The third-order valence-corrected chi connectivity index (χ3v) is 5.09. The monoisotopic (exact) mass is 360 g/mol. The second-order valence-electron chi connectivity index (χ2n) is 6.85. The van der Waals surface area contributed by atoms with Gasteiger partial charge in [0.25, 0.3) is 5.56 Å². The maximum absolute atomic E-state index is 12.8. The topological polar surface area (TPSA) is 63.1 Å². The highest BCUT2D eigenvalue weighted by atomic mass is 16.5. The molecule has 1 aliphatic heterocycles. The Kier molecular flexibility index (Phi) is 3.90. The van der Waals surface area contributed by atoms with Crippen LogP contribution in [-0.4, -0.2) is 40.8 Å². The Labute approximate surface area is 156 Å². The summed E-state index contributed by atoms with van der Waals surface area (Å²) >= 11 is 0. The zero-order valence-corrected chi connectivity index (χ0v) is 14.9. The molecule has 2 aromatic heterocycles. The van der Waals surface area contributed by atoms with Crippen molar-refractivity contribution >= 4 is 27.8 Å². The fourth-order valence-electron chi connectivity index (χ4n) is 3.69. The number of ether oxygens (including phenoxy) is 1. The van der Waals surface area contributed by atoms with Gasteiger partial charge in [-0.05, 0) is 28.5 Å². The molecule has 1 N–H and O–H groups in total. The van der Waals surface area contributed by atoms with Crippen molar-refractivity contribution in [1.82, 2.24) is 14.5 Å². The molecule has 5 rings (SSSR count). The summed E-state index contributed by atoms with van der Waals surface area (Å²) in [7, 11) is 0. The Bertz CT molecular complexity index is 1170. The second-order valence-corrected chi connectivity index (χ2v) is 6.85. The number of aromatic nitrogens is 3. The quantitative estimate of drug-likeness (QED) is 0.610. The van der Waals surface area contributed by atoms with E-state index in [0.717, 1.165) is 24.2 Å². The highest BCUT2D eigenvalue weighted by Crippen LogP contribution is 2.19. The first-order chi connectivity index (χ1) is 13.3. The van der Waals surface area contributed by atoms with Crippen LogP contribution in [0.25, 0.3) is 21.8 Å². The number of hydrogen-bond donors (Lipinski definition) is 1. The van der Waals surface area contributed by atoms with Crippen LogP contribution in [0.4, 0.5) is 5.95 Å². The van der Waals surface area contributed by atoms with Crippen molar-refractivity contribution in [1.29, 1.82) is 0 Å². The molecule has 0 unspecified atom stereocenters. The van der Waals surface area contributed by atoms with Gasteiger partial charge in [0.15, 0.2) is 0 Å². The van der Waals surface area contributed by atoms with Crippen LogP contribution < -0.4 is 10.5 Å². The molecular weight excluding hydrogens is 340 g/mol. The summed E-state index contributed by atoms with van der Waals surface area (Å²) in [6, 6.07) is 16.6. The van der Waals surface area contributed by atoms with E-state index in [4.69, 9.17) is 4.74 Å². The van der Waals surface area contributed by atoms with Gasteiger partial charge < -0.3 is 14.2 Å². The molecule has 0 spiro atoms. The second kappa shape index (κ2) is 6.55. The average Bonchev–Trinajstić information content (AvgIpc) is 3.12. The van der Waals surface area contributed by atoms with Crippen LogP contribution in [0.15, 0.2) is 59.5 Å². The number of rotatable bonds is 3. The number of hydrogen-bond acceptors (Lipinski definition) is 4. The molecule has 27 heavy (non-hydrogen) atoms. The Hall–Kier alpha value is -3.12. The van der Waals surface area contributed by atoms with Crippen LogP contribution >= 0.6 is 0 Å². The van der Waals surface area contributed by atoms with Crippen molar-refractivity contribution < 1.29 is 4.74 Å². The third kappa shape index (κ3) is 2.98. The van der Waals surface area contributed by atoms with Gasteiger partial charge in [-0.15, -0.1) is 0 Å². The van der Waals surface area contributed by atoms with E-state index in [-0.39, 0.29) is 5.56 Å². The molecule has 0 atom stereocenters. The van der Waals surface area contributed by atoms with Crippen molar-refractivity contribution in [3.05, 3.63) is 70.6 Å². The molecule has 6 heteroatoms. The number of fused-ring (bicyclic) bond motifs is 2. The van der Waals surface area contributed by atoms with Crippen molar-refractivity contribution in [3.8, 4) is 0 Å². The van der Waals surface area contributed by atoms with E-state index in [2.05, 4.69) is 45.2 Å². The third-order valence-electron chi connectivity index (χ3n) is 5.09. The number of nitrogens with zero attached hydrogens (tertiary/aromatic N) is 3. The highest BCUT2D eigenvalue weighted by molar-refractivity contribution is 5.83. The first-order valence-corrected chi connectivity index (χ1v) is 9.17. The number of aromatic amines is 1. The molecule has 6 nitrogen and oxygen atoms in total. The van der Waals surface area contributed by atoms with Gasteiger partial charge in [0, 0.05) is 25.8 Å². The Morgan fingerprint density at radius 1 is 1.04 bits per heavy atom. The molecular formula is C21H20N4O2. The van der Waals surface area contributed by atoms with Crippen molar-refractivity contribution in [2.45, 2.75) is 6.54 Å². The molecule has 1 saturated heterocycles. The van der Waals surface area contributed by atoms with Crippen molar-refractivity contribution in [2.24, 2.45) is 0 Å². The van der Waals surface area contributed by atoms with Crippen LogP contribution in [0.5, 0.6) is 0 Å². The minimum atomic E-state index is -0.104. The molecule has 1 aliphatic rings. The Morgan fingerprint density at radius 2 is 1.85 bits per heavy atom. The fourth-order valence-corrected chi connectivity index (χ4v) is 3.69. The minimum Gasteiger partial charge on any atom is -0.378 e. The molecule has 0 saturated carbocycles. The highest BCUT2D eigenvalue weighted by Gasteiger charge is 2.16. The van der Waals surface area contributed by atoms with Gasteiger partial charge >= 0.3 is 0 Å². The summed E-state index contributed by atoms with van der Waals surface area (Å²) in [5, 5.41) is 2.42. The minimum absolute atomic E-state index is 0.104. The lowest BCUT2D eigenvalue weighted by Crippen LogP contribution is -2.38. The van der Waals surface area contributed by atoms with Crippen LogP contribution in [0.3, 0.4) is 0 Å². The van der Waals surface area contributed by atoms with Gasteiger partial charge in [-0.2, -0.15) is 0 Å². The van der Waals surface area contributed by atoms with Crippen LogP contribution in [0, 0.1) is 0 Å². The van der Waals surface area contributed by atoms with E-state index in [0.29, 0.717) is 31.2 Å². The summed E-state index contributed by atoms with van der Waals surface area (Å²) in [6.45, 7) is 3.43. The van der Waals surface area contributed by atoms with Gasteiger partial charge in [-0.3, -0.25) is 9.78 Å². The number of morpholine rings is 1. The summed E-state index contributed by atoms with van der Waals surface area (Å²) in [5.41, 5.74) is 2.39. The number of anilines is 1. The summed E-state index contributed by atoms with van der Waals surface area (Å²) in [4.78, 5) is 22.4. The van der Waals surface area contributed by atoms with Crippen LogP contribution in [-0.2, 0) is 11.3 Å². The van der Waals surface area contributed by atoms with Crippen molar-refractivity contribution in [3.63, 3.8) is 0 Å². The molecule has 0 bridgehead atoms. The predicted octanol–water partition coefficient (Wildman–Crippen LogP) is 2.76. The number of H-pyrrole nitrogens is 1. The number of nitrogens with one attached hydrogen (secondary N) is 1. The van der Waals surface area contributed by atoms with E-state index in [1.165, 1.54) is 10.8 Å². The molecule has 0 amide bonds.